The zero-order valence-electron chi connectivity index (χ0n) is 7.95. The molecule has 1 rings (SSSR count). The van der Waals surface area contributed by atoms with Gasteiger partial charge in [0, 0.05) is 18.4 Å². The van der Waals surface area contributed by atoms with E-state index in [1.165, 1.54) is 13.2 Å². The maximum atomic E-state index is 11.4. The first-order valence-corrected chi connectivity index (χ1v) is 6.19. The van der Waals surface area contributed by atoms with Crippen LogP contribution >= 0.6 is 11.6 Å². The third kappa shape index (κ3) is 2.70. The van der Waals surface area contributed by atoms with E-state index in [0.29, 0.717) is 10.6 Å². The van der Waals surface area contributed by atoms with Crippen molar-refractivity contribution in [1.82, 2.24) is 0 Å². The van der Waals surface area contributed by atoms with E-state index < -0.39 is 9.84 Å². The lowest BCUT2D eigenvalue weighted by Gasteiger charge is -2.06. The van der Waals surface area contributed by atoms with Gasteiger partial charge in [-0.2, -0.15) is 0 Å². The molecule has 3 nitrogen and oxygen atoms in total. The predicted molar refractivity (Wildman–Crippen MR) is 55.3 cm³/mol. The van der Waals surface area contributed by atoms with E-state index in [9.17, 15) is 8.42 Å². The first kappa shape index (κ1) is 11.5. The highest BCUT2D eigenvalue weighted by Gasteiger charge is 2.13. The third-order valence-corrected chi connectivity index (χ3v) is 3.14. The highest BCUT2D eigenvalue weighted by atomic mass is 35.5. The van der Waals surface area contributed by atoms with E-state index in [-0.39, 0.29) is 11.5 Å². The smallest absolute Gasteiger partial charge is 0.175 e. The Hall–Kier alpha value is -0.580. The van der Waals surface area contributed by atoms with E-state index in [1.807, 2.05) is 0 Å². The summed E-state index contributed by atoms with van der Waals surface area (Å²) >= 11 is 5.72. The highest BCUT2D eigenvalue weighted by Crippen LogP contribution is 2.21. The Bertz CT molecular complexity index is 426. The van der Waals surface area contributed by atoms with Crippen LogP contribution in [-0.4, -0.2) is 21.8 Å². The fourth-order valence-corrected chi connectivity index (χ4v) is 2.33. The van der Waals surface area contributed by atoms with Crippen LogP contribution in [0.15, 0.2) is 23.1 Å². The van der Waals surface area contributed by atoms with Gasteiger partial charge in [0.15, 0.2) is 9.84 Å². The van der Waals surface area contributed by atoms with Crippen molar-refractivity contribution in [3.8, 4) is 0 Å². The zero-order chi connectivity index (χ0) is 10.8. The number of methoxy groups -OCH3 is 1. The topological polar surface area (TPSA) is 43.4 Å². The third-order valence-electron chi connectivity index (χ3n) is 1.73. The van der Waals surface area contributed by atoms with Gasteiger partial charge in [-0.05, 0) is 17.7 Å². The molecule has 0 aliphatic heterocycles. The van der Waals surface area contributed by atoms with E-state index in [4.69, 9.17) is 16.3 Å². The second-order valence-corrected chi connectivity index (χ2v) is 5.38. The molecular formula is C9H11ClO3S. The molecule has 0 radical (unpaired) electrons. The summed E-state index contributed by atoms with van der Waals surface area (Å²) in [6.07, 6.45) is 1.15. The zero-order valence-corrected chi connectivity index (χ0v) is 9.52. The lowest BCUT2D eigenvalue weighted by atomic mass is 10.2. The van der Waals surface area contributed by atoms with Crippen molar-refractivity contribution < 1.29 is 13.2 Å². The Labute approximate surface area is 88.6 Å². The molecule has 1 aromatic carbocycles. The Morgan fingerprint density at radius 3 is 2.57 bits per heavy atom. The Balaban J connectivity index is 3.30. The van der Waals surface area contributed by atoms with Crippen LogP contribution in [-0.2, 0) is 21.2 Å². The predicted octanol–water partition coefficient (Wildman–Crippen LogP) is 1.89. The molecule has 0 N–H and O–H groups in total. The molecule has 0 saturated heterocycles. The minimum atomic E-state index is -3.24. The average Bonchev–Trinajstić information content (AvgIpc) is 2.07. The van der Waals surface area contributed by atoms with Gasteiger partial charge in [0.2, 0.25) is 0 Å². The van der Waals surface area contributed by atoms with Crippen molar-refractivity contribution in [3.63, 3.8) is 0 Å². The molecule has 0 amide bonds. The summed E-state index contributed by atoms with van der Waals surface area (Å²) in [5.74, 6) is 0. The summed E-state index contributed by atoms with van der Waals surface area (Å²) in [6, 6.07) is 4.73. The molecule has 78 valence electrons. The second-order valence-electron chi connectivity index (χ2n) is 2.96. The number of ether oxygens (including phenoxy) is 1. The largest absolute Gasteiger partial charge is 0.380 e. The summed E-state index contributed by atoms with van der Waals surface area (Å²) in [5, 5.41) is 0.408. The molecule has 0 bridgehead atoms. The van der Waals surface area contributed by atoms with Crippen molar-refractivity contribution in [1.29, 1.82) is 0 Å². The minimum absolute atomic E-state index is 0.229. The van der Waals surface area contributed by atoms with Crippen molar-refractivity contribution >= 4 is 21.4 Å². The van der Waals surface area contributed by atoms with Crippen molar-refractivity contribution in [2.45, 2.75) is 11.5 Å². The Morgan fingerprint density at radius 2 is 2.07 bits per heavy atom. The minimum Gasteiger partial charge on any atom is -0.380 e. The van der Waals surface area contributed by atoms with Crippen LogP contribution in [0.2, 0.25) is 5.02 Å². The monoisotopic (exact) mass is 234 g/mol. The Morgan fingerprint density at radius 1 is 1.43 bits per heavy atom. The molecule has 14 heavy (non-hydrogen) atoms. The molecule has 0 unspecified atom stereocenters. The molecule has 0 aliphatic carbocycles. The number of hydrogen-bond acceptors (Lipinski definition) is 3. The molecule has 0 saturated carbocycles. The molecule has 0 fully saturated rings. The summed E-state index contributed by atoms with van der Waals surface area (Å²) in [6.45, 7) is 0.263. The highest BCUT2D eigenvalue weighted by molar-refractivity contribution is 7.90. The molecule has 0 aliphatic rings. The molecule has 0 heterocycles. The number of halogens is 1. The summed E-state index contributed by atoms with van der Waals surface area (Å²) in [4.78, 5) is 0.229. The molecule has 0 spiro atoms. The van der Waals surface area contributed by atoms with E-state index >= 15 is 0 Å². The van der Waals surface area contributed by atoms with Gasteiger partial charge in [0.1, 0.15) is 0 Å². The fourth-order valence-electron chi connectivity index (χ4n) is 1.15. The van der Waals surface area contributed by atoms with Crippen LogP contribution in [0.25, 0.3) is 0 Å². The molecular weight excluding hydrogens is 224 g/mol. The summed E-state index contributed by atoms with van der Waals surface area (Å²) in [7, 11) is -1.73. The van der Waals surface area contributed by atoms with Crippen molar-refractivity contribution in [2.24, 2.45) is 0 Å². The van der Waals surface area contributed by atoms with Gasteiger partial charge in [-0.15, -0.1) is 0 Å². The molecule has 0 aromatic heterocycles. The standard InChI is InChI=1S/C9H11ClO3S/c1-13-6-7-3-4-8(10)5-9(7)14(2,11)12/h3-5H,6H2,1-2H3. The lowest BCUT2D eigenvalue weighted by Crippen LogP contribution is -2.03. The normalized spacial score (nSPS) is 11.6. The van der Waals surface area contributed by atoms with E-state index in [1.54, 1.807) is 12.1 Å². The van der Waals surface area contributed by atoms with Gasteiger partial charge in [-0.3, -0.25) is 0 Å². The lowest BCUT2D eigenvalue weighted by molar-refractivity contribution is 0.182. The fraction of sp³-hybridized carbons (Fsp3) is 0.333. The SMILES string of the molecule is COCc1ccc(Cl)cc1S(C)(=O)=O. The van der Waals surface area contributed by atoms with Crippen LogP contribution in [0.3, 0.4) is 0 Å². The van der Waals surface area contributed by atoms with Gasteiger partial charge >= 0.3 is 0 Å². The van der Waals surface area contributed by atoms with Crippen molar-refractivity contribution in [3.05, 3.63) is 28.8 Å². The molecule has 0 atom stereocenters. The van der Waals surface area contributed by atoms with Crippen LogP contribution in [0.1, 0.15) is 5.56 Å². The number of benzene rings is 1. The number of sulfone groups is 1. The van der Waals surface area contributed by atoms with Gasteiger partial charge < -0.3 is 4.74 Å². The van der Waals surface area contributed by atoms with E-state index in [2.05, 4.69) is 0 Å². The second kappa shape index (κ2) is 4.29. The number of rotatable bonds is 3. The van der Waals surface area contributed by atoms with Gasteiger partial charge in [-0.1, -0.05) is 17.7 Å². The maximum absolute atomic E-state index is 11.4. The van der Waals surface area contributed by atoms with Gasteiger partial charge in [0.25, 0.3) is 0 Å². The number of hydrogen-bond donors (Lipinski definition) is 0. The quantitative estimate of drug-likeness (QED) is 0.802. The summed E-state index contributed by atoms with van der Waals surface area (Å²) < 4.78 is 27.6. The Kier molecular flexibility index (Phi) is 3.53. The maximum Gasteiger partial charge on any atom is 0.175 e. The van der Waals surface area contributed by atoms with Gasteiger partial charge in [-0.25, -0.2) is 8.42 Å². The van der Waals surface area contributed by atoms with Crippen molar-refractivity contribution in [2.75, 3.05) is 13.4 Å². The van der Waals surface area contributed by atoms with Crippen LogP contribution in [0, 0.1) is 0 Å². The molecule has 1 aromatic rings. The van der Waals surface area contributed by atoms with Crippen LogP contribution in [0.4, 0.5) is 0 Å². The summed E-state index contributed by atoms with van der Waals surface area (Å²) in [5.41, 5.74) is 0.624. The van der Waals surface area contributed by atoms with E-state index in [0.717, 1.165) is 6.26 Å². The first-order chi connectivity index (χ1) is 6.45. The average molecular weight is 235 g/mol. The van der Waals surface area contributed by atoms with Crippen LogP contribution < -0.4 is 0 Å². The molecule has 5 heteroatoms. The first-order valence-electron chi connectivity index (χ1n) is 3.92. The van der Waals surface area contributed by atoms with Crippen LogP contribution in [0.5, 0.6) is 0 Å². The van der Waals surface area contributed by atoms with Gasteiger partial charge in [0.05, 0.1) is 11.5 Å².